The minimum Gasteiger partial charge on any atom is -0.587 e. The van der Waals surface area contributed by atoms with Crippen LogP contribution in [0.25, 0.3) is 5.32 Å². The van der Waals surface area contributed by atoms with Crippen molar-refractivity contribution in [3.05, 3.63) is 184 Å². The van der Waals surface area contributed by atoms with Crippen LogP contribution in [0.2, 0.25) is 0 Å². The average molecular weight is 1280 g/mol. The van der Waals surface area contributed by atoms with Gasteiger partial charge in [0.15, 0.2) is 0 Å². The molecule has 6 amide bonds. The number of ether oxygens (including phenoxy) is 4. The van der Waals surface area contributed by atoms with E-state index in [0.29, 0.717) is 73.8 Å². The maximum Gasteiger partial charge on any atom is 1.00 e. The third-order valence-corrected chi connectivity index (χ3v) is 16.9. The van der Waals surface area contributed by atoms with Gasteiger partial charge in [-0.3, -0.25) is 28.6 Å². The summed E-state index contributed by atoms with van der Waals surface area (Å²) in [6.07, 6.45) is 3.40. The van der Waals surface area contributed by atoms with Gasteiger partial charge in [-0.25, -0.2) is 4.58 Å². The SMILES string of the molecule is CCN(CC)C(=O)[C@@]1(c2ccccc2)C[C@H]1CN1C(=O)c2ccccc2C1=O.CCN(CC)C(=O)[C@@]1(c2ccccc2)C[C@H]1CO.CCOC(OCC)OCC.CC[N+](CC)=C1OC[C@@H]2C[C@]12c1ccccc1.CS(=O)(=O)O.O=C1[N-]C(=O)c2ccccc21.[K+]. The van der Waals surface area contributed by atoms with E-state index in [9.17, 15) is 42.3 Å². The molecule has 4 fully saturated rings. The molecule has 0 unspecified atom stereocenters. The van der Waals surface area contributed by atoms with Gasteiger partial charge in [0.25, 0.3) is 28.4 Å². The fourth-order valence-electron chi connectivity index (χ4n) is 12.1. The maximum atomic E-state index is 13.4. The average Bonchev–Trinajstić information content (AvgIpc) is 1.57. The fraction of sp³-hybridized carbons (Fsp3) is 0.464. The van der Waals surface area contributed by atoms with E-state index in [4.69, 9.17) is 23.5 Å². The number of hydrogen-bond donors (Lipinski definition) is 2. The number of amides is 6. The molecule has 2 N–H and O–H groups in total. The number of benzene rings is 5. The monoisotopic (exact) mass is 1280 g/mol. The van der Waals surface area contributed by atoms with E-state index in [1.807, 2.05) is 119 Å². The van der Waals surface area contributed by atoms with Crippen LogP contribution in [0.5, 0.6) is 0 Å². The molecule has 3 aliphatic heterocycles. The van der Waals surface area contributed by atoms with Crippen LogP contribution in [0, 0.1) is 17.8 Å². The molecule has 6 atom stereocenters. The number of likely N-dealkylation sites (N-methyl/N-ethyl adjacent to an activating group) is 2. The molecule has 19 nitrogen and oxygen atoms in total. The van der Waals surface area contributed by atoms with Crippen LogP contribution in [-0.2, 0) is 54.9 Å². The molecule has 0 spiro atoms. The predicted molar refractivity (Wildman–Crippen MR) is 340 cm³/mol. The molecule has 90 heavy (non-hydrogen) atoms. The van der Waals surface area contributed by atoms with E-state index in [1.165, 1.54) is 22.8 Å². The van der Waals surface area contributed by atoms with Crippen LogP contribution >= 0.6 is 0 Å². The number of carbonyl (C=O) groups is 6. The van der Waals surface area contributed by atoms with Crippen LogP contribution in [0.15, 0.2) is 140 Å². The minimum atomic E-state index is -3.67. The first kappa shape index (κ1) is 74.9. The van der Waals surface area contributed by atoms with Gasteiger partial charge < -0.3 is 48.8 Å². The Morgan fingerprint density at radius 1 is 0.589 bits per heavy atom. The smallest absolute Gasteiger partial charge is 0.587 e. The quantitative estimate of drug-likeness (QED) is 0.0275. The summed E-state index contributed by atoms with van der Waals surface area (Å²) in [5, 5.41) is 12.7. The molecule has 3 aliphatic carbocycles. The molecule has 21 heteroatoms. The summed E-state index contributed by atoms with van der Waals surface area (Å²) in [4.78, 5) is 78.4. The number of hydrogen-bond acceptors (Lipinski definition) is 13. The van der Waals surface area contributed by atoms with Crippen LogP contribution in [0.3, 0.4) is 0 Å². The van der Waals surface area contributed by atoms with Crippen molar-refractivity contribution in [2.24, 2.45) is 17.8 Å². The Kier molecular flexibility index (Phi) is 28.9. The van der Waals surface area contributed by atoms with E-state index >= 15 is 0 Å². The number of aliphatic hydroxyl groups is 1. The Labute approximate surface area is 574 Å². The largest absolute Gasteiger partial charge is 1.00 e. The van der Waals surface area contributed by atoms with E-state index < -0.39 is 39.2 Å². The topological polar surface area (TPSA) is 241 Å². The molecule has 3 heterocycles. The second-order valence-corrected chi connectivity index (χ2v) is 23.5. The van der Waals surface area contributed by atoms with Crippen molar-refractivity contribution >= 4 is 51.5 Å². The predicted octanol–water partition coefficient (Wildman–Crippen LogP) is 6.58. The van der Waals surface area contributed by atoms with Crippen molar-refractivity contribution in [2.75, 3.05) is 85.1 Å². The molecule has 5 aromatic rings. The molecule has 480 valence electrons. The fourth-order valence-corrected chi connectivity index (χ4v) is 12.1. The second kappa shape index (κ2) is 34.7. The van der Waals surface area contributed by atoms with E-state index in [-0.39, 0.29) is 105 Å². The van der Waals surface area contributed by atoms with Crippen LogP contribution in [0.1, 0.15) is 140 Å². The number of fused-ring (bicyclic) bond motifs is 3. The molecule has 11 rings (SSSR count). The number of carbonyl (C=O) groups excluding carboxylic acids is 6. The van der Waals surface area contributed by atoms with Gasteiger partial charge in [0.1, 0.15) is 18.5 Å². The summed E-state index contributed by atoms with van der Waals surface area (Å²) in [6.45, 7) is 25.5. The normalized spacial score (nSPS) is 21.5. The van der Waals surface area contributed by atoms with Crippen molar-refractivity contribution < 1.29 is 122 Å². The van der Waals surface area contributed by atoms with Crippen molar-refractivity contribution in [2.45, 2.75) is 104 Å². The Bertz CT molecular complexity index is 3260. The third-order valence-electron chi connectivity index (χ3n) is 16.9. The van der Waals surface area contributed by atoms with Gasteiger partial charge in [0, 0.05) is 82.1 Å². The first-order valence-electron chi connectivity index (χ1n) is 30.9. The second-order valence-electron chi connectivity index (χ2n) is 22.1. The molecule has 0 bridgehead atoms. The summed E-state index contributed by atoms with van der Waals surface area (Å²) in [6, 6.07) is 44.0. The van der Waals surface area contributed by atoms with Crippen molar-refractivity contribution in [3.63, 3.8) is 0 Å². The Balaban J connectivity index is 0.000000209. The third kappa shape index (κ3) is 17.6. The van der Waals surface area contributed by atoms with E-state index in [0.717, 1.165) is 50.3 Å². The maximum absolute atomic E-state index is 13.4. The van der Waals surface area contributed by atoms with Crippen LogP contribution < -0.4 is 51.4 Å². The first-order chi connectivity index (χ1) is 42.7. The molecular weight excluding hydrogens is 1190 g/mol. The molecule has 3 saturated carbocycles. The Morgan fingerprint density at radius 2 is 0.944 bits per heavy atom. The summed E-state index contributed by atoms with van der Waals surface area (Å²) >= 11 is 0. The van der Waals surface area contributed by atoms with Crippen LogP contribution in [0.4, 0.5) is 0 Å². The van der Waals surface area contributed by atoms with Gasteiger partial charge in [-0.2, -0.15) is 8.42 Å². The zero-order chi connectivity index (χ0) is 65.1. The molecule has 0 aromatic heterocycles. The van der Waals surface area contributed by atoms with Crippen molar-refractivity contribution in [3.8, 4) is 0 Å². The Hall–Kier alpha value is -5.82. The van der Waals surface area contributed by atoms with E-state index in [2.05, 4.69) is 54.1 Å². The molecular formula is C69H89KN5O14S+. The van der Waals surface area contributed by atoms with Gasteiger partial charge in [-0.1, -0.05) is 127 Å². The van der Waals surface area contributed by atoms with Gasteiger partial charge >= 0.3 is 57.3 Å². The molecule has 6 aliphatic rings. The van der Waals surface area contributed by atoms with Gasteiger partial charge in [-0.15, -0.1) is 0 Å². The minimum absolute atomic E-state index is 0. The molecule has 1 saturated heterocycles. The van der Waals surface area contributed by atoms with Gasteiger partial charge in [0.2, 0.25) is 11.8 Å². The van der Waals surface area contributed by atoms with Gasteiger partial charge in [-0.05, 0) is 116 Å². The number of aliphatic hydroxyl groups excluding tert-OH is 1. The van der Waals surface area contributed by atoms with Crippen molar-refractivity contribution in [1.29, 1.82) is 0 Å². The zero-order valence-electron chi connectivity index (χ0n) is 54.1. The standard InChI is InChI=1S/C23H24N2O3.C15H21NO2.C15H20NO.C8H5NO2.C7H16O3.CH4O3S.K/c1-3-24(4-2)22(28)23(16-10-6-5-7-11-16)14-17(23)15-25-20(26)18-12-8-9-13-19(18)21(25)27;1-3-16(4-2)14(18)15(10-13(15)11-17)12-8-6-5-7-9-12;1-3-16(4-2)14-15(10-13(15)11-17-14)12-8-6-5-7-9-12;10-7-5-3-1-2-4-6(5)8(11)9-7;1-4-8-7(9-5-2)10-6-3;1-5(2,3)4;/h5-13,17H,3-4,14-15H2,1-2H3;5-9,13,17H,3-4,10-11H2,1-2H3;5-9,13H,3-4,10-11H2,1-2H3;1-4H,(H,9,10,11);7H,4-6H2,1-3H3;1H3,(H,2,3,4);/q;;+1;;;;+1/p-1/t17-,23+;2*13-,15+;;;;/m000..../s1. The zero-order valence-corrected chi connectivity index (χ0v) is 58.1. The van der Waals surface area contributed by atoms with Crippen molar-refractivity contribution in [1.82, 2.24) is 14.7 Å². The van der Waals surface area contributed by atoms with Gasteiger partial charge in [0.05, 0.1) is 46.6 Å². The number of nitrogens with zero attached hydrogens (tertiary/aromatic N) is 5. The Morgan fingerprint density at radius 3 is 1.29 bits per heavy atom. The first-order valence-corrected chi connectivity index (χ1v) is 32.8. The summed E-state index contributed by atoms with van der Waals surface area (Å²) in [5.74, 6) is 0.825. The number of rotatable bonds is 20. The molecule has 5 aromatic carbocycles. The summed E-state index contributed by atoms with van der Waals surface area (Å²) < 4.78 is 49.4. The summed E-state index contributed by atoms with van der Waals surface area (Å²) in [7, 11) is -3.67. The summed E-state index contributed by atoms with van der Waals surface area (Å²) in [5.41, 5.74) is 4.27. The molecule has 0 radical (unpaired) electrons. The van der Waals surface area contributed by atoms with E-state index in [1.54, 1.807) is 48.5 Å². The van der Waals surface area contributed by atoms with Crippen LogP contribution in [-0.4, -0.2) is 170 Å². The number of imide groups is 2.